The maximum absolute atomic E-state index is 5.76. The van der Waals surface area contributed by atoms with Crippen LogP contribution in [0.15, 0.2) is 24.3 Å². The van der Waals surface area contributed by atoms with Crippen LogP contribution in [0.5, 0.6) is 0 Å². The van der Waals surface area contributed by atoms with Crippen molar-refractivity contribution in [1.29, 1.82) is 0 Å². The zero-order valence-corrected chi connectivity index (χ0v) is 13.6. The Morgan fingerprint density at radius 1 is 1.35 bits per heavy atom. The summed E-state index contributed by atoms with van der Waals surface area (Å²) in [7, 11) is 1.80. The second-order valence-corrected chi connectivity index (χ2v) is 6.38. The minimum Gasteiger partial charge on any atom is -0.377 e. The molecule has 0 radical (unpaired) electrons. The molecular formula is C16H24N2OS. The maximum Gasteiger partial charge on any atom is 0.0955 e. The molecule has 0 aliphatic rings. The Bertz CT molecular complexity index is 515. The highest BCUT2D eigenvalue weighted by Crippen LogP contribution is 2.27. The summed E-state index contributed by atoms with van der Waals surface area (Å²) < 4.78 is 7.02. The summed E-state index contributed by atoms with van der Waals surface area (Å²) in [5, 5.41) is 4.73. The number of rotatable bonds is 7. The number of hydrogen-bond acceptors (Lipinski definition) is 4. The largest absolute Gasteiger partial charge is 0.377 e. The molecule has 2 rings (SSSR count). The Hall–Kier alpha value is -0.970. The van der Waals surface area contributed by atoms with Crippen molar-refractivity contribution in [3.8, 4) is 0 Å². The average molecular weight is 292 g/mol. The third kappa shape index (κ3) is 3.19. The lowest BCUT2D eigenvalue weighted by molar-refractivity contribution is -0.0283. The van der Waals surface area contributed by atoms with Gasteiger partial charge in [-0.2, -0.15) is 0 Å². The van der Waals surface area contributed by atoms with Gasteiger partial charge in [0, 0.05) is 19.6 Å². The van der Waals surface area contributed by atoms with Crippen LogP contribution in [0.1, 0.15) is 32.2 Å². The molecule has 0 aliphatic heterocycles. The molecule has 0 aliphatic carbocycles. The lowest BCUT2D eigenvalue weighted by atomic mass is 9.91. The number of aromatic nitrogens is 1. The summed E-state index contributed by atoms with van der Waals surface area (Å²) in [5.41, 5.74) is 0.937. The number of fused-ring (bicyclic) bond motifs is 1. The number of thiazole rings is 1. The number of benzene rings is 1. The standard InChI is InChI=1S/C16H24N2OS/c1-5-16(3,19-4)14(17-6-2)11-15-18-12-9-7-8-10-13(12)20-15/h7-10,14,17H,5-6,11H2,1-4H3. The SMILES string of the molecule is CCNC(Cc1nc2ccccc2s1)C(C)(CC)OC. The van der Waals surface area contributed by atoms with Gasteiger partial charge in [-0.05, 0) is 32.0 Å². The molecule has 2 aromatic rings. The van der Waals surface area contributed by atoms with Crippen LogP contribution in [0.25, 0.3) is 10.2 Å². The summed E-state index contributed by atoms with van der Waals surface area (Å²) in [5.74, 6) is 0. The van der Waals surface area contributed by atoms with E-state index in [2.05, 4.69) is 44.3 Å². The van der Waals surface area contributed by atoms with Crippen molar-refractivity contribution in [3.63, 3.8) is 0 Å². The highest BCUT2D eigenvalue weighted by molar-refractivity contribution is 7.18. The Kier molecular flexibility index (Phi) is 5.13. The molecule has 20 heavy (non-hydrogen) atoms. The predicted octanol–water partition coefficient (Wildman–Crippen LogP) is 3.63. The van der Waals surface area contributed by atoms with Crippen LogP contribution >= 0.6 is 11.3 Å². The van der Waals surface area contributed by atoms with Crippen LogP contribution < -0.4 is 5.32 Å². The molecule has 0 bridgehead atoms. The van der Waals surface area contributed by atoms with E-state index in [0.29, 0.717) is 0 Å². The number of nitrogens with one attached hydrogen (secondary N) is 1. The molecule has 1 N–H and O–H groups in total. The van der Waals surface area contributed by atoms with Gasteiger partial charge in [-0.15, -0.1) is 11.3 Å². The molecular weight excluding hydrogens is 268 g/mol. The molecule has 0 saturated heterocycles. The van der Waals surface area contributed by atoms with E-state index in [1.54, 1.807) is 18.4 Å². The zero-order chi connectivity index (χ0) is 14.6. The lowest BCUT2D eigenvalue weighted by Crippen LogP contribution is -2.51. The first-order valence-electron chi connectivity index (χ1n) is 7.26. The van der Waals surface area contributed by atoms with Crippen molar-refractivity contribution in [3.05, 3.63) is 29.3 Å². The third-order valence-electron chi connectivity index (χ3n) is 4.07. The lowest BCUT2D eigenvalue weighted by Gasteiger charge is -2.36. The molecule has 4 heteroatoms. The van der Waals surface area contributed by atoms with E-state index in [1.165, 1.54) is 9.71 Å². The molecule has 0 saturated carbocycles. The maximum atomic E-state index is 5.76. The molecule has 2 atom stereocenters. The molecule has 1 aromatic heterocycles. The van der Waals surface area contributed by atoms with Crippen LogP contribution in [0.2, 0.25) is 0 Å². The molecule has 110 valence electrons. The van der Waals surface area contributed by atoms with Gasteiger partial charge in [0.1, 0.15) is 0 Å². The average Bonchev–Trinajstić information content (AvgIpc) is 2.88. The van der Waals surface area contributed by atoms with E-state index in [0.717, 1.165) is 24.9 Å². The topological polar surface area (TPSA) is 34.2 Å². The highest BCUT2D eigenvalue weighted by Gasteiger charge is 2.32. The Morgan fingerprint density at radius 3 is 2.70 bits per heavy atom. The Morgan fingerprint density at radius 2 is 2.10 bits per heavy atom. The number of likely N-dealkylation sites (N-methyl/N-ethyl adjacent to an activating group) is 1. The van der Waals surface area contributed by atoms with E-state index >= 15 is 0 Å². The van der Waals surface area contributed by atoms with Crippen LogP contribution in [-0.4, -0.2) is 30.3 Å². The quantitative estimate of drug-likeness (QED) is 0.846. The molecule has 1 heterocycles. The van der Waals surface area contributed by atoms with Gasteiger partial charge in [-0.25, -0.2) is 4.98 Å². The Labute approximate surface area is 125 Å². The second kappa shape index (κ2) is 6.66. The minimum absolute atomic E-state index is 0.159. The van der Waals surface area contributed by atoms with Crippen molar-refractivity contribution < 1.29 is 4.74 Å². The first-order chi connectivity index (χ1) is 9.62. The predicted molar refractivity (Wildman–Crippen MR) is 86.5 cm³/mol. The molecule has 3 nitrogen and oxygen atoms in total. The third-order valence-corrected chi connectivity index (χ3v) is 5.13. The minimum atomic E-state index is -0.159. The number of para-hydroxylation sites is 1. The summed E-state index contributed by atoms with van der Waals surface area (Å²) >= 11 is 1.78. The van der Waals surface area contributed by atoms with Gasteiger partial charge in [0.15, 0.2) is 0 Å². The summed E-state index contributed by atoms with van der Waals surface area (Å²) in [6, 6.07) is 8.60. The van der Waals surface area contributed by atoms with E-state index < -0.39 is 0 Å². The van der Waals surface area contributed by atoms with Crippen LogP contribution in [0, 0.1) is 0 Å². The van der Waals surface area contributed by atoms with Crippen molar-refractivity contribution >= 4 is 21.6 Å². The fourth-order valence-corrected chi connectivity index (χ4v) is 3.48. The van der Waals surface area contributed by atoms with Gasteiger partial charge in [0.2, 0.25) is 0 Å². The summed E-state index contributed by atoms with van der Waals surface area (Å²) in [4.78, 5) is 4.74. The highest BCUT2D eigenvalue weighted by atomic mass is 32.1. The van der Waals surface area contributed by atoms with Gasteiger partial charge >= 0.3 is 0 Å². The monoisotopic (exact) mass is 292 g/mol. The van der Waals surface area contributed by atoms with Crippen molar-refractivity contribution in [2.45, 2.75) is 45.3 Å². The van der Waals surface area contributed by atoms with E-state index in [-0.39, 0.29) is 11.6 Å². The fraction of sp³-hybridized carbons (Fsp3) is 0.562. The number of methoxy groups -OCH3 is 1. The molecule has 0 amide bonds. The summed E-state index contributed by atoms with van der Waals surface area (Å²) in [6.07, 6.45) is 1.89. The molecule has 2 unspecified atom stereocenters. The van der Waals surface area contributed by atoms with Gasteiger partial charge in [0.25, 0.3) is 0 Å². The van der Waals surface area contributed by atoms with Gasteiger partial charge in [0.05, 0.1) is 20.8 Å². The second-order valence-electron chi connectivity index (χ2n) is 5.26. The normalized spacial score (nSPS) is 16.2. The molecule has 0 spiro atoms. The first-order valence-corrected chi connectivity index (χ1v) is 8.07. The van der Waals surface area contributed by atoms with Crippen LogP contribution in [-0.2, 0) is 11.2 Å². The first kappa shape index (κ1) is 15.4. The van der Waals surface area contributed by atoms with E-state index in [4.69, 9.17) is 9.72 Å². The van der Waals surface area contributed by atoms with E-state index in [9.17, 15) is 0 Å². The molecule has 0 fully saturated rings. The van der Waals surface area contributed by atoms with Crippen molar-refractivity contribution in [2.75, 3.05) is 13.7 Å². The summed E-state index contributed by atoms with van der Waals surface area (Å²) in [6.45, 7) is 7.42. The fourth-order valence-electron chi connectivity index (χ4n) is 2.47. The van der Waals surface area contributed by atoms with Gasteiger partial charge in [-0.1, -0.05) is 26.0 Å². The zero-order valence-electron chi connectivity index (χ0n) is 12.8. The number of hydrogen-bond donors (Lipinski definition) is 1. The Balaban J connectivity index is 2.23. The molecule has 1 aromatic carbocycles. The van der Waals surface area contributed by atoms with Crippen LogP contribution in [0.3, 0.4) is 0 Å². The van der Waals surface area contributed by atoms with Crippen molar-refractivity contribution in [2.24, 2.45) is 0 Å². The number of ether oxygens (including phenoxy) is 1. The van der Waals surface area contributed by atoms with Gasteiger partial charge < -0.3 is 10.1 Å². The van der Waals surface area contributed by atoms with Crippen molar-refractivity contribution in [1.82, 2.24) is 10.3 Å². The number of nitrogens with zero attached hydrogens (tertiary/aromatic N) is 1. The van der Waals surface area contributed by atoms with Crippen LogP contribution in [0.4, 0.5) is 0 Å². The smallest absolute Gasteiger partial charge is 0.0955 e. The van der Waals surface area contributed by atoms with Gasteiger partial charge in [-0.3, -0.25) is 0 Å². The van der Waals surface area contributed by atoms with E-state index in [1.807, 2.05) is 6.07 Å².